The van der Waals surface area contributed by atoms with Crippen LogP contribution in [0.2, 0.25) is 0 Å². The summed E-state index contributed by atoms with van der Waals surface area (Å²) in [6, 6.07) is 15.3. The number of hydrogen-bond acceptors (Lipinski definition) is 5. The van der Waals surface area contributed by atoms with E-state index in [0.717, 1.165) is 53.5 Å². The SMILES string of the molecule is N#Cc1ccc2[nH]cc(CCCC(=O)N3CCN(c4ccc5oc(C(N)=O)cc5c4)CC3)c2c1. The third-order valence-electron chi connectivity index (χ3n) is 6.47. The fourth-order valence-corrected chi connectivity index (χ4v) is 4.61. The van der Waals surface area contributed by atoms with Crippen LogP contribution in [0.1, 0.15) is 34.5 Å². The standard InChI is InChI=1S/C26H25N5O3/c27-15-17-4-6-22-21(12-17)18(16-29-22)2-1-3-25(32)31-10-8-30(9-11-31)20-5-7-23-19(13-20)14-24(34-23)26(28)33/h4-7,12-14,16,29H,1-3,8-11H2,(H2,28,33). The van der Waals surface area contributed by atoms with Gasteiger partial charge in [0.15, 0.2) is 5.76 Å². The van der Waals surface area contributed by atoms with Crippen LogP contribution in [0.5, 0.6) is 0 Å². The molecule has 1 fully saturated rings. The van der Waals surface area contributed by atoms with E-state index in [-0.39, 0.29) is 11.7 Å². The molecule has 0 aliphatic carbocycles. The number of aromatic nitrogens is 1. The number of piperazine rings is 1. The van der Waals surface area contributed by atoms with Gasteiger partial charge in [-0.3, -0.25) is 9.59 Å². The number of nitriles is 1. The molecule has 2 aromatic carbocycles. The highest BCUT2D eigenvalue weighted by Crippen LogP contribution is 2.26. The maximum atomic E-state index is 12.8. The summed E-state index contributed by atoms with van der Waals surface area (Å²) >= 11 is 0. The predicted molar refractivity (Wildman–Crippen MR) is 129 cm³/mol. The van der Waals surface area contributed by atoms with Gasteiger partial charge in [0.05, 0.1) is 11.6 Å². The lowest BCUT2D eigenvalue weighted by molar-refractivity contribution is -0.131. The van der Waals surface area contributed by atoms with Crippen molar-refractivity contribution in [1.82, 2.24) is 9.88 Å². The molecule has 1 aliphatic rings. The first-order valence-corrected chi connectivity index (χ1v) is 11.4. The van der Waals surface area contributed by atoms with E-state index in [1.807, 2.05) is 41.4 Å². The van der Waals surface area contributed by atoms with Crippen molar-refractivity contribution in [3.63, 3.8) is 0 Å². The second-order valence-electron chi connectivity index (χ2n) is 8.60. The minimum absolute atomic E-state index is 0.153. The molecule has 8 nitrogen and oxygen atoms in total. The van der Waals surface area contributed by atoms with Crippen LogP contribution in [0, 0.1) is 11.3 Å². The number of aromatic amines is 1. The number of aryl methyl sites for hydroxylation is 1. The highest BCUT2D eigenvalue weighted by atomic mass is 16.3. The number of carbonyl (C=O) groups is 2. The van der Waals surface area contributed by atoms with Gasteiger partial charge < -0.3 is 24.9 Å². The van der Waals surface area contributed by atoms with Crippen molar-refractivity contribution in [2.45, 2.75) is 19.3 Å². The Balaban J connectivity index is 1.15. The highest BCUT2D eigenvalue weighted by Gasteiger charge is 2.22. The molecule has 0 radical (unpaired) electrons. The highest BCUT2D eigenvalue weighted by molar-refractivity contribution is 5.95. The number of carbonyl (C=O) groups excluding carboxylic acids is 2. The molecule has 2 aromatic heterocycles. The Morgan fingerprint density at radius 2 is 1.91 bits per heavy atom. The van der Waals surface area contributed by atoms with E-state index in [1.54, 1.807) is 12.1 Å². The summed E-state index contributed by atoms with van der Waals surface area (Å²) in [6.45, 7) is 2.84. The van der Waals surface area contributed by atoms with E-state index >= 15 is 0 Å². The molecule has 0 atom stereocenters. The van der Waals surface area contributed by atoms with Gasteiger partial charge in [-0.1, -0.05) is 0 Å². The maximum absolute atomic E-state index is 12.8. The van der Waals surface area contributed by atoms with Gasteiger partial charge in [-0.2, -0.15) is 5.26 Å². The van der Waals surface area contributed by atoms with Gasteiger partial charge in [0, 0.05) is 60.8 Å². The summed E-state index contributed by atoms with van der Waals surface area (Å²) in [5, 5.41) is 11.0. The molecule has 4 aromatic rings. The van der Waals surface area contributed by atoms with Crippen LogP contribution in [0.3, 0.4) is 0 Å². The summed E-state index contributed by atoms with van der Waals surface area (Å²) in [6.07, 6.45) is 4.03. The number of fused-ring (bicyclic) bond motifs is 2. The number of amides is 2. The first-order valence-electron chi connectivity index (χ1n) is 11.4. The summed E-state index contributed by atoms with van der Waals surface area (Å²) in [5.74, 6) is -0.254. The predicted octanol–water partition coefficient (Wildman–Crippen LogP) is 3.56. The van der Waals surface area contributed by atoms with E-state index in [4.69, 9.17) is 15.4 Å². The number of nitrogens with zero attached hydrogens (tertiary/aromatic N) is 3. The zero-order chi connectivity index (χ0) is 23.7. The first-order chi connectivity index (χ1) is 16.5. The summed E-state index contributed by atoms with van der Waals surface area (Å²) in [7, 11) is 0. The van der Waals surface area contributed by atoms with Crippen molar-refractivity contribution in [3.05, 3.63) is 65.5 Å². The van der Waals surface area contributed by atoms with Crippen molar-refractivity contribution in [2.75, 3.05) is 31.1 Å². The average Bonchev–Trinajstić information content (AvgIpc) is 3.47. The molecule has 0 saturated carbocycles. The zero-order valence-electron chi connectivity index (χ0n) is 18.7. The van der Waals surface area contributed by atoms with Gasteiger partial charge in [-0.15, -0.1) is 0 Å². The largest absolute Gasteiger partial charge is 0.451 e. The van der Waals surface area contributed by atoms with Gasteiger partial charge in [-0.05, 0) is 60.9 Å². The van der Waals surface area contributed by atoms with E-state index in [2.05, 4.69) is 16.0 Å². The Hall–Kier alpha value is -4.25. The topological polar surface area (TPSA) is 119 Å². The molecular formula is C26H25N5O3. The molecule has 0 bridgehead atoms. The Labute approximate surface area is 196 Å². The molecule has 1 aliphatic heterocycles. The third-order valence-corrected chi connectivity index (χ3v) is 6.47. The molecule has 34 heavy (non-hydrogen) atoms. The van der Waals surface area contributed by atoms with Gasteiger partial charge in [0.25, 0.3) is 5.91 Å². The molecule has 172 valence electrons. The second kappa shape index (κ2) is 8.94. The average molecular weight is 456 g/mol. The molecule has 2 amide bonds. The Morgan fingerprint density at radius 1 is 1.09 bits per heavy atom. The molecular weight excluding hydrogens is 430 g/mol. The molecule has 3 N–H and O–H groups in total. The first kappa shape index (κ1) is 21.6. The van der Waals surface area contributed by atoms with Gasteiger partial charge in [0.2, 0.25) is 5.91 Å². The molecule has 8 heteroatoms. The Morgan fingerprint density at radius 3 is 2.68 bits per heavy atom. The van der Waals surface area contributed by atoms with Crippen LogP contribution in [0.4, 0.5) is 5.69 Å². The van der Waals surface area contributed by atoms with Crippen LogP contribution < -0.4 is 10.6 Å². The summed E-state index contributed by atoms with van der Waals surface area (Å²) in [5.41, 5.74) is 9.76. The third kappa shape index (κ3) is 4.20. The lowest BCUT2D eigenvalue weighted by Gasteiger charge is -2.36. The number of nitrogens with two attached hydrogens (primary N) is 1. The van der Waals surface area contributed by atoms with Crippen molar-refractivity contribution in [1.29, 1.82) is 5.26 Å². The number of rotatable bonds is 6. The number of furan rings is 1. The maximum Gasteiger partial charge on any atom is 0.284 e. The smallest absolute Gasteiger partial charge is 0.284 e. The Bertz CT molecular complexity index is 1420. The van der Waals surface area contributed by atoms with E-state index < -0.39 is 5.91 Å². The number of hydrogen-bond donors (Lipinski definition) is 2. The van der Waals surface area contributed by atoms with Gasteiger partial charge >= 0.3 is 0 Å². The van der Waals surface area contributed by atoms with Gasteiger partial charge in [-0.25, -0.2) is 0 Å². The number of H-pyrrole nitrogens is 1. The van der Waals surface area contributed by atoms with Crippen molar-refractivity contribution < 1.29 is 14.0 Å². The van der Waals surface area contributed by atoms with Crippen molar-refractivity contribution in [2.24, 2.45) is 5.73 Å². The lowest BCUT2D eigenvalue weighted by Crippen LogP contribution is -2.48. The fourth-order valence-electron chi connectivity index (χ4n) is 4.61. The number of anilines is 1. The monoisotopic (exact) mass is 455 g/mol. The molecule has 0 unspecified atom stereocenters. The lowest BCUT2D eigenvalue weighted by atomic mass is 10.0. The van der Waals surface area contributed by atoms with E-state index in [0.29, 0.717) is 30.7 Å². The molecule has 3 heterocycles. The number of nitrogens with one attached hydrogen (secondary N) is 1. The van der Waals surface area contributed by atoms with E-state index in [1.165, 1.54) is 0 Å². The quantitative estimate of drug-likeness (QED) is 0.461. The zero-order valence-corrected chi connectivity index (χ0v) is 18.7. The summed E-state index contributed by atoms with van der Waals surface area (Å²) in [4.78, 5) is 31.5. The van der Waals surface area contributed by atoms with Crippen LogP contribution in [0.15, 0.2) is 53.1 Å². The fraction of sp³-hybridized carbons (Fsp3) is 0.269. The van der Waals surface area contributed by atoms with Crippen LogP contribution >= 0.6 is 0 Å². The summed E-state index contributed by atoms with van der Waals surface area (Å²) < 4.78 is 5.46. The normalized spacial score (nSPS) is 14.0. The number of primary amides is 1. The van der Waals surface area contributed by atoms with Crippen molar-refractivity contribution in [3.8, 4) is 6.07 Å². The van der Waals surface area contributed by atoms with Crippen LogP contribution in [-0.2, 0) is 11.2 Å². The minimum atomic E-state index is -0.582. The molecule has 5 rings (SSSR count). The Kier molecular flexibility index (Phi) is 5.68. The number of benzene rings is 2. The van der Waals surface area contributed by atoms with E-state index in [9.17, 15) is 9.59 Å². The van der Waals surface area contributed by atoms with Crippen molar-refractivity contribution >= 4 is 39.4 Å². The van der Waals surface area contributed by atoms with Gasteiger partial charge in [0.1, 0.15) is 5.58 Å². The van der Waals surface area contributed by atoms with Crippen LogP contribution in [-0.4, -0.2) is 47.9 Å². The molecule has 1 saturated heterocycles. The minimum Gasteiger partial charge on any atom is -0.451 e. The van der Waals surface area contributed by atoms with Crippen LogP contribution in [0.25, 0.3) is 21.9 Å². The molecule has 0 spiro atoms. The second-order valence-corrected chi connectivity index (χ2v) is 8.60.